The van der Waals surface area contributed by atoms with E-state index in [4.69, 9.17) is 37.9 Å². The first-order valence-electron chi connectivity index (χ1n) is 45.1. The van der Waals surface area contributed by atoms with Crippen molar-refractivity contribution in [3.63, 3.8) is 0 Å². The summed E-state index contributed by atoms with van der Waals surface area (Å²) in [6.45, 7) is 82.9. The number of esters is 10. The minimum atomic E-state index is -0.153. The number of ketones is 2. The molecule has 0 spiro atoms. The van der Waals surface area contributed by atoms with Crippen LogP contribution in [0.15, 0.2) is 0 Å². The SMILES string of the molecule is CC(C)C(=O)N(C)C(C)C.CC(C)C(=O)OC1CCC1.CC(C)C(=O)OC1CN(C)C1.CC(C)C(=O)OC1COC1.CC(C)C(=O)OCC1CC1.CC(C)CC(=O)C(C)(C)C.CC(C)CC(=O)C(C)C.CC(C)COC(=O)C(C)C.CC(C)OC(=O)C(C)C.CCC(C)OC(=O)C(C)C.CCOC(=O)C(C)C.CCOC(=O)C(C)C.COC(=O)C(C)C. The third-order valence-corrected chi connectivity index (χ3v) is 16.3. The normalized spacial score (nSPS) is 13.5. The molecule has 4 aliphatic rings. The number of carbonyl (C=O) groups is 13. The first-order valence-corrected chi connectivity index (χ1v) is 45.1. The van der Waals surface area contributed by atoms with Crippen LogP contribution in [0.5, 0.6) is 0 Å². The molecule has 2 heterocycles. The maximum Gasteiger partial charge on any atom is 0.308 e. The monoisotopic (exact) mass is 1750 g/mol. The number of carbonyl (C=O) groups excluding carboxylic acids is 13. The molecule has 0 aromatic heterocycles. The number of hydrogen-bond donors (Lipinski definition) is 0. The average Bonchev–Trinajstić information content (AvgIpc) is 1.12. The Kier molecular flexibility index (Phi) is 85.3. The van der Waals surface area contributed by atoms with Gasteiger partial charge in [-0.2, -0.15) is 0 Å². The molecule has 1 unspecified atom stereocenters. The Bertz CT molecular complexity index is 2600. The average molecular weight is 1750 g/mol. The van der Waals surface area contributed by atoms with Gasteiger partial charge in [0.2, 0.25) is 5.91 Å². The molecule has 122 heavy (non-hydrogen) atoms. The van der Waals surface area contributed by atoms with Crippen LogP contribution < -0.4 is 0 Å². The van der Waals surface area contributed by atoms with Crippen molar-refractivity contribution >= 4 is 77.2 Å². The van der Waals surface area contributed by atoms with Gasteiger partial charge in [-0.05, 0) is 118 Å². The number of likely N-dealkylation sites (tertiary alicyclic amines) is 1. The van der Waals surface area contributed by atoms with E-state index < -0.39 is 0 Å². The number of Topliss-reactive ketones (excluding diaryl/α,β-unsaturated/α-hetero) is 2. The van der Waals surface area contributed by atoms with Crippen LogP contribution in [0.25, 0.3) is 0 Å². The lowest BCUT2D eigenvalue weighted by Gasteiger charge is -2.35. The number of rotatable bonds is 29. The van der Waals surface area contributed by atoms with Gasteiger partial charge in [-0.25, -0.2) is 0 Å². The molecule has 724 valence electrons. The second kappa shape index (κ2) is 78.0. The lowest BCUT2D eigenvalue weighted by Crippen LogP contribution is -2.50. The van der Waals surface area contributed by atoms with Gasteiger partial charge < -0.3 is 57.0 Å². The molecule has 2 aliphatic carbocycles. The highest BCUT2D eigenvalue weighted by Crippen LogP contribution is 2.29. The lowest BCUT2D eigenvalue weighted by atomic mass is 9.86. The smallest absolute Gasteiger partial charge is 0.308 e. The zero-order valence-corrected chi connectivity index (χ0v) is 85.7. The molecule has 0 bridgehead atoms. The van der Waals surface area contributed by atoms with Gasteiger partial charge in [0.05, 0.1) is 118 Å². The van der Waals surface area contributed by atoms with Gasteiger partial charge in [0.15, 0.2) is 0 Å². The van der Waals surface area contributed by atoms with E-state index >= 15 is 0 Å². The van der Waals surface area contributed by atoms with Crippen LogP contribution >= 0.6 is 0 Å². The molecule has 4 fully saturated rings. The van der Waals surface area contributed by atoms with Crippen LogP contribution in [0.2, 0.25) is 0 Å². The van der Waals surface area contributed by atoms with E-state index in [0.717, 1.165) is 38.8 Å². The summed E-state index contributed by atoms with van der Waals surface area (Å²) < 4.78 is 53.6. The van der Waals surface area contributed by atoms with Gasteiger partial charge in [-0.1, -0.05) is 235 Å². The fourth-order valence-electron chi connectivity index (χ4n) is 7.07. The number of nitrogens with zero attached hydrogens (tertiary/aromatic N) is 2. The van der Waals surface area contributed by atoms with Crippen LogP contribution in [-0.2, 0) is 114 Å². The summed E-state index contributed by atoms with van der Waals surface area (Å²) in [5.74, 6) is 2.41. The molecule has 0 N–H and O–H groups in total. The summed E-state index contributed by atoms with van der Waals surface area (Å²) in [6, 6.07) is 0.315. The van der Waals surface area contributed by atoms with Crippen molar-refractivity contribution in [2.75, 3.05) is 73.9 Å². The lowest BCUT2D eigenvalue weighted by molar-refractivity contribution is -0.175. The largest absolute Gasteiger partial charge is 0.469 e. The first kappa shape index (κ1) is 133. The van der Waals surface area contributed by atoms with E-state index in [-0.39, 0.29) is 173 Å². The molecule has 1 atom stereocenters. The zero-order chi connectivity index (χ0) is 98.0. The predicted octanol–water partition coefficient (Wildman–Crippen LogP) is 19.5. The van der Waals surface area contributed by atoms with Crippen molar-refractivity contribution in [1.82, 2.24) is 9.80 Å². The Morgan fingerprint density at radius 2 is 0.721 bits per heavy atom. The van der Waals surface area contributed by atoms with Crippen LogP contribution in [0.4, 0.5) is 0 Å². The molecule has 4 rings (SSSR count). The molecule has 26 heteroatoms. The summed E-state index contributed by atoms with van der Waals surface area (Å²) in [5, 5.41) is 0. The van der Waals surface area contributed by atoms with Gasteiger partial charge in [-0.15, -0.1) is 0 Å². The molecule has 1 amide bonds. The summed E-state index contributed by atoms with van der Waals surface area (Å²) >= 11 is 0. The van der Waals surface area contributed by atoms with Crippen LogP contribution in [0, 0.1) is 100 Å². The van der Waals surface area contributed by atoms with Crippen LogP contribution in [0.1, 0.15) is 335 Å². The fraction of sp³-hybridized carbons (Fsp3) is 0.865. The fourth-order valence-corrected chi connectivity index (χ4v) is 7.07. The molecule has 0 aromatic carbocycles. The molecule has 0 radical (unpaired) electrons. The van der Waals surface area contributed by atoms with Crippen molar-refractivity contribution in [3.8, 4) is 0 Å². The topological polar surface area (TPSA) is 330 Å². The summed E-state index contributed by atoms with van der Waals surface area (Å²) in [4.78, 5) is 145. The number of hydrogen-bond acceptors (Lipinski definition) is 25. The quantitative estimate of drug-likeness (QED) is 0.0496. The van der Waals surface area contributed by atoms with E-state index in [9.17, 15) is 62.3 Å². The number of methoxy groups -OCH3 is 1. The summed E-state index contributed by atoms with van der Waals surface area (Å²) in [5.41, 5.74) is -0.149. The van der Waals surface area contributed by atoms with Crippen LogP contribution in [0.3, 0.4) is 0 Å². The highest BCUT2D eigenvalue weighted by Gasteiger charge is 2.29. The predicted molar refractivity (Wildman–Crippen MR) is 488 cm³/mol. The van der Waals surface area contributed by atoms with Crippen molar-refractivity contribution in [2.45, 2.75) is 372 Å². The highest BCUT2D eigenvalue weighted by atomic mass is 16.6. The second-order valence-corrected chi connectivity index (χ2v) is 37.4. The van der Waals surface area contributed by atoms with E-state index in [0.29, 0.717) is 87.3 Å². The van der Waals surface area contributed by atoms with Gasteiger partial charge in [0.1, 0.15) is 29.9 Å². The number of likely N-dealkylation sites (N-methyl/N-ethyl adjacent to an activating group) is 1. The number of ether oxygens (including phenoxy) is 11. The second-order valence-electron chi connectivity index (χ2n) is 37.4. The molecule has 0 aromatic rings. The Morgan fingerprint density at radius 1 is 0.385 bits per heavy atom. The molecule has 2 saturated heterocycles. The Morgan fingerprint density at radius 3 is 0.910 bits per heavy atom. The van der Waals surface area contributed by atoms with E-state index in [1.54, 1.807) is 32.6 Å². The maximum atomic E-state index is 11.3. The van der Waals surface area contributed by atoms with Crippen molar-refractivity contribution in [2.24, 2.45) is 100 Å². The van der Waals surface area contributed by atoms with Gasteiger partial charge in [-0.3, -0.25) is 67.2 Å². The Labute approximate surface area is 743 Å². The van der Waals surface area contributed by atoms with Crippen LogP contribution in [-0.4, -0.2) is 197 Å². The van der Waals surface area contributed by atoms with Crippen molar-refractivity contribution in [3.05, 3.63) is 0 Å². The molecule has 26 nitrogen and oxygen atoms in total. The van der Waals surface area contributed by atoms with E-state index in [1.165, 1.54) is 26.4 Å². The maximum absolute atomic E-state index is 11.3. The van der Waals surface area contributed by atoms with E-state index in [1.807, 2.05) is 243 Å². The third-order valence-electron chi connectivity index (χ3n) is 16.3. The minimum absolute atomic E-state index is 0.000839. The highest BCUT2D eigenvalue weighted by molar-refractivity contribution is 5.84. The van der Waals surface area contributed by atoms with Gasteiger partial charge in [0, 0.05) is 56.3 Å². The van der Waals surface area contributed by atoms with Crippen molar-refractivity contribution < 1.29 is 114 Å². The standard InChI is InChI=1S/C9H18O.C8H15NO2.C8H17NO.2C8H14O2.2C8H16O2.C8H16O.C7H12O3.C7H14O2.2C6H12O2.C5H10O2/c1-7(2)6-8(10)9(3,4)5;1-6(2)8(10)11-7-4-9(3)5-7;1-6(2)8(10)9(5)7(3)4;1-6(2)8(9)10-5-7-3-4-7;1-6(2)8(9)10-7-4-3-5-7;1-6(2)5-10-8(9)7(3)4;1-5-7(4)10-8(9)6(2)3;1-6(2)5-8(9)7(3)4;1-5(2)7(8)10-6-3-9-4-6;1-5(2)7(8)9-6(3)4;2*1-4-8-6(7)5(2)3;1-4(2)5(6)7-3/h7H,6H2,1-5H3;6-7H,4-5H2,1-3H3;6-7H,1-5H3;2*6-7H,3-5H2,1-2H3;2*6-7H,5H2,1-4H3;6-7H,5H2,1-4H3;5-6H,3-4H2,1-2H3;5-6H,1-4H3;2*5H,4H2,1-3H3;4H,1-3H3. The Hall–Kier alpha value is -6.57. The number of amides is 1. The summed E-state index contributed by atoms with van der Waals surface area (Å²) in [6.07, 6.45) is 8.66. The molecule has 2 aliphatic heterocycles. The first-order chi connectivity index (χ1) is 55.7. The minimum Gasteiger partial charge on any atom is -0.469 e. The molecular formula is C96H186N2O24. The van der Waals surface area contributed by atoms with Crippen molar-refractivity contribution in [1.29, 1.82) is 0 Å². The third kappa shape index (κ3) is 89.7. The zero-order valence-electron chi connectivity index (χ0n) is 85.7. The van der Waals surface area contributed by atoms with E-state index in [2.05, 4.69) is 46.8 Å². The molecule has 2 saturated carbocycles. The summed E-state index contributed by atoms with van der Waals surface area (Å²) in [7, 11) is 5.25. The van der Waals surface area contributed by atoms with Gasteiger partial charge >= 0.3 is 59.7 Å². The molecular weight excluding hydrogens is 1570 g/mol. The Balaban J connectivity index is -0.000000162. The van der Waals surface area contributed by atoms with Gasteiger partial charge in [0.25, 0.3) is 0 Å².